The Hall–Kier alpha value is -1.57. The first-order valence-electron chi connectivity index (χ1n) is 13.6. The van der Waals surface area contributed by atoms with E-state index in [4.69, 9.17) is 29.1 Å². The first kappa shape index (κ1) is 9.58. The number of rotatable bonds is 3. The van der Waals surface area contributed by atoms with Gasteiger partial charge in [-0.15, -0.1) is 0 Å². The monoisotopic (exact) mass is 371 g/mol. The highest BCUT2D eigenvalue weighted by Crippen LogP contribution is 2.37. The molecule has 0 amide bonds. The van der Waals surface area contributed by atoms with Crippen LogP contribution in [0.25, 0.3) is 0 Å². The lowest BCUT2D eigenvalue weighted by molar-refractivity contribution is 0.00578. The van der Waals surface area contributed by atoms with Crippen molar-refractivity contribution in [1.82, 2.24) is 4.90 Å². The summed E-state index contributed by atoms with van der Waals surface area (Å²) in [7, 11) is -0.0634. The van der Waals surface area contributed by atoms with Gasteiger partial charge in [0.25, 0.3) is 0 Å². The zero-order chi connectivity index (χ0) is 28.8. The maximum atomic E-state index is 12.5. The fraction of sp³-hybridized carbons (Fsp3) is 0.632. The van der Waals surface area contributed by atoms with Gasteiger partial charge in [0.1, 0.15) is 0 Å². The third-order valence-electron chi connectivity index (χ3n) is 4.75. The maximum absolute atomic E-state index is 12.5. The van der Waals surface area contributed by atoms with E-state index in [2.05, 4.69) is 0 Å². The Morgan fingerprint density at radius 2 is 1.81 bits per heavy atom. The fourth-order valence-corrected chi connectivity index (χ4v) is 2.54. The largest absolute Gasteiger partial charge is 0.495 e. The van der Waals surface area contributed by atoms with Crippen LogP contribution in [-0.2, 0) is 14.0 Å². The van der Waals surface area contributed by atoms with Crippen LogP contribution < -0.4 is 10.4 Å². The summed E-state index contributed by atoms with van der Waals surface area (Å²) in [5, 5.41) is 0. The lowest BCUT2D eigenvalue weighted by Crippen LogP contribution is -2.45. The molecule has 1 aromatic carbocycles. The number of benzene rings is 1. The van der Waals surface area contributed by atoms with E-state index < -0.39 is 62.2 Å². The molecule has 0 radical (unpaired) electrons. The number of carbonyl (C=O) groups excluding carboxylic acids is 1. The number of hydrogen-bond acceptors (Lipinski definition) is 6. The van der Waals surface area contributed by atoms with Crippen molar-refractivity contribution in [2.45, 2.75) is 38.9 Å². The van der Waals surface area contributed by atoms with E-state index in [1.165, 1.54) is 6.07 Å². The molecule has 2 aliphatic rings. The average Bonchev–Trinajstić information content (AvgIpc) is 2.91. The minimum Gasteiger partial charge on any atom is -0.465 e. The molecule has 3 rings (SSSR count). The van der Waals surface area contributed by atoms with Gasteiger partial charge in [-0.25, -0.2) is 4.79 Å². The molecule has 0 spiro atoms. The average molecular weight is 371 g/mol. The van der Waals surface area contributed by atoms with E-state index in [0.717, 1.165) is 19.2 Å². The van der Waals surface area contributed by atoms with Crippen LogP contribution in [0.5, 0.6) is 0 Å². The Morgan fingerprint density at radius 1 is 1.19 bits per heavy atom. The number of hydrogen-bond donors (Lipinski definition) is 0. The number of esters is 1. The van der Waals surface area contributed by atoms with E-state index in [1.807, 2.05) is 0 Å². The summed E-state index contributed by atoms with van der Waals surface area (Å²) in [5.41, 5.74) is -2.15. The van der Waals surface area contributed by atoms with Gasteiger partial charge in [0.2, 0.25) is 0 Å². The molecular formula is C19H29BN2O4. The van der Waals surface area contributed by atoms with Crippen molar-refractivity contribution < 1.29 is 33.9 Å². The van der Waals surface area contributed by atoms with Gasteiger partial charge in [0.15, 0.2) is 0 Å². The first-order chi connectivity index (χ1) is 16.4. The molecule has 0 unspecified atom stereocenters. The molecule has 2 fully saturated rings. The summed E-state index contributed by atoms with van der Waals surface area (Å²) in [6, 6.07) is 3.39. The van der Waals surface area contributed by atoms with Gasteiger partial charge in [-0.1, -0.05) is 0 Å². The van der Waals surface area contributed by atoms with Crippen molar-refractivity contribution in [1.29, 1.82) is 0 Å². The third kappa shape index (κ3) is 3.48. The van der Waals surface area contributed by atoms with E-state index in [0.29, 0.717) is 0 Å². The minimum absolute atomic E-state index is 0.00831. The van der Waals surface area contributed by atoms with Gasteiger partial charge >= 0.3 is 13.1 Å². The van der Waals surface area contributed by atoms with E-state index >= 15 is 0 Å². The third-order valence-corrected chi connectivity index (χ3v) is 4.75. The van der Waals surface area contributed by atoms with Crippen LogP contribution in [0.15, 0.2) is 18.2 Å². The highest BCUT2D eigenvalue weighted by molar-refractivity contribution is 6.63. The Kier molecular flexibility index (Phi) is 2.53. The fourth-order valence-electron chi connectivity index (χ4n) is 2.54. The zero-order valence-corrected chi connectivity index (χ0v) is 15.3. The molecule has 0 aliphatic carbocycles. The van der Waals surface area contributed by atoms with Crippen molar-refractivity contribution in [3.8, 4) is 0 Å². The maximum Gasteiger partial charge on any atom is 0.495 e. The molecular weight excluding hydrogens is 331 g/mol. The molecule has 1 aromatic rings. The summed E-state index contributed by atoms with van der Waals surface area (Å²) >= 11 is 0. The highest BCUT2D eigenvalue weighted by atomic mass is 16.7. The standard InChI is InChI=1S/C19H29BN2O4/c1-18(2)19(3,4)26-20(25-18)16-13-14(7-8-15(16)17(23)24-6)22-11-9-21(5)10-12-22/h7-8,13H,9-12H2,1-6H3/i5D3,9D2,10D2,11D2,12D2. The van der Waals surface area contributed by atoms with Crippen LogP contribution in [0.3, 0.4) is 0 Å². The number of ether oxygens (including phenoxy) is 1. The second-order valence-corrected chi connectivity index (χ2v) is 6.97. The molecule has 26 heavy (non-hydrogen) atoms. The smallest absolute Gasteiger partial charge is 0.465 e. The van der Waals surface area contributed by atoms with Crippen molar-refractivity contribution in [3.63, 3.8) is 0 Å². The number of likely N-dealkylation sites (N-methyl/N-ethyl adjacent to an activating group) is 1. The summed E-state index contributed by atoms with van der Waals surface area (Å²) in [6.45, 7) is -10.4. The molecule has 142 valence electrons. The van der Waals surface area contributed by atoms with Crippen LogP contribution in [0.2, 0.25) is 0 Å². The number of nitrogens with zero attached hydrogens (tertiary/aromatic N) is 2. The second-order valence-electron chi connectivity index (χ2n) is 6.97. The van der Waals surface area contributed by atoms with Crippen LogP contribution in [0.4, 0.5) is 5.69 Å². The number of carbonyl (C=O) groups is 1. The topological polar surface area (TPSA) is 51.2 Å². The first-order valence-corrected chi connectivity index (χ1v) is 8.06. The molecule has 0 aromatic heterocycles. The molecule has 0 saturated carbocycles. The van der Waals surface area contributed by atoms with Crippen LogP contribution in [0.1, 0.15) is 53.1 Å². The van der Waals surface area contributed by atoms with Crippen molar-refractivity contribution >= 4 is 24.2 Å². The van der Waals surface area contributed by atoms with Gasteiger partial charge in [-0.3, -0.25) is 0 Å². The lowest BCUT2D eigenvalue weighted by atomic mass is 9.75. The van der Waals surface area contributed by atoms with Gasteiger partial charge in [0, 0.05) is 41.3 Å². The van der Waals surface area contributed by atoms with Crippen LogP contribution >= 0.6 is 0 Å². The predicted molar refractivity (Wildman–Crippen MR) is 103 cm³/mol. The number of anilines is 1. The normalized spacial score (nSPS) is 37.0. The van der Waals surface area contributed by atoms with Gasteiger partial charge in [-0.05, 0) is 58.3 Å². The Labute approximate surface area is 172 Å². The van der Waals surface area contributed by atoms with Crippen molar-refractivity contribution in [2.24, 2.45) is 0 Å². The van der Waals surface area contributed by atoms with Crippen molar-refractivity contribution in [3.05, 3.63) is 23.8 Å². The molecule has 2 aliphatic heterocycles. The Morgan fingerprint density at radius 3 is 2.35 bits per heavy atom. The molecule has 0 N–H and O–H groups in total. The van der Waals surface area contributed by atoms with Gasteiger partial charge in [0.05, 0.1) is 29.4 Å². The number of piperazine rings is 1. The Bertz CT molecular complexity index is 1050. The molecule has 0 bridgehead atoms. The van der Waals surface area contributed by atoms with Gasteiger partial charge < -0.3 is 23.8 Å². The summed E-state index contributed by atoms with van der Waals surface area (Å²) in [6.07, 6.45) is 0. The summed E-state index contributed by atoms with van der Waals surface area (Å²) in [4.78, 5) is 12.3. The Balaban J connectivity index is 2.27. The molecule has 2 saturated heterocycles. The van der Waals surface area contributed by atoms with E-state index in [9.17, 15) is 4.79 Å². The SMILES string of the molecule is [2H]C([2H])([2H])N1C([2H])([2H])C([2H])([2H])N(c2ccc(C(=O)OC)c(B3OC(C)(C)C(C)(C)O3)c2)C([2H])([2H])C1([2H])[2H]. The molecule has 2 heterocycles. The second kappa shape index (κ2) is 6.87. The minimum atomic E-state index is -3.54. The van der Waals surface area contributed by atoms with E-state index in [1.54, 1.807) is 27.7 Å². The van der Waals surface area contributed by atoms with Crippen LogP contribution in [0, 0.1) is 0 Å². The molecule has 7 heteroatoms. The van der Waals surface area contributed by atoms with Crippen LogP contribution in [-0.4, -0.2) is 69.3 Å². The summed E-state index contributed by atoms with van der Waals surface area (Å²) < 4.78 is 107. The predicted octanol–water partition coefficient (Wildman–Crippen LogP) is 1.52. The number of methoxy groups -OCH3 is 1. The quantitative estimate of drug-likeness (QED) is 0.593. The van der Waals surface area contributed by atoms with E-state index in [-0.39, 0.29) is 21.6 Å². The summed E-state index contributed by atoms with van der Waals surface area (Å²) in [5.74, 6) is -0.805. The lowest BCUT2D eigenvalue weighted by Gasteiger charge is -2.34. The zero-order valence-electron chi connectivity index (χ0n) is 26.3. The molecule has 6 nitrogen and oxygen atoms in total. The highest BCUT2D eigenvalue weighted by Gasteiger charge is 2.52. The van der Waals surface area contributed by atoms with Crippen molar-refractivity contribution in [2.75, 3.05) is 45.0 Å². The van der Waals surface area contributed by atoms with Gasteiger partial charge in [-0.2, -0.15) is 0 Å². The molecule has 0 atom stereocenters.